The van der Waals surface area contributed by atoms with E-state index in [1.165, 1.54) is 0 Å². The third kappa shape index (κ3) is 3.60. The molecule has 1 aromatic heterocycles. The average molecular weight is 304 g/mol. The van der Waals surface area contributed by atoms with Crippen LogP contribution in [-0.2, 0) is 6.54 Å². The molecule has 0 aliphatic heterocycles. The first kappa shape index (κ1) is 16.4. The van der Waals surface area contributed by atoms with E-state index in [4.69, 9.17) is 4.42 Å². The monoisotopic (exact) mass is 304 g/mol. The Kier molecular flexibility index (Phi) is 5.08. The van der Waals surface area contributed by atoms with Crippen molar-refractivity contribution < 1.29 is 14.3 Å². The third-order valence-corrected chi connectivity index (χ3v) is 4.25. The SMILES string of the molecule is CCC(O)(CC)CNC(=O)NCc1oc2ccccc2c1C. The van der Waals surface area contributed by atoms with Crippen LogP contribution in [0.2, 0.25) is 0 Å². The van der Waals surface area contributed by atoms with E-state index < -0.39 is 5.60 Å². The maximum Gasteiger partial charge on any atom is 0.315 e. The van der Waals surface area contributed by atoms with Gasteiger partial charge in [0, 0.05) is 17.5 Å². The van der Waals surface area contributed by atoms with E-state index in [-0.39, 0.29) is 12.6 Å². The Morgan fingerprint density at radius 1 is 1.23 bits per heavy atom. The number of aryl methyl sites for hydroxylation is 1. The maximum atomic E-state index is 11.8. The smallest absolute Gasteiger partial charge is 0.315 e. The third-order valence-electron chi connectivity index (χ3n) is 4.25. The standard InChI is InChI=1S/C17H24N2O3/c1-4-17(21,5-2)11-19-16(20)18-10-15-12(3)13-8-6-7-9-14(13)22-15/h6-9,21H,4-5,10-11H2,1-3H3,(H2,18,19,20). The van der Waals surface area contributed by atoms with Gasteiger partial charge in [0.25, 0.3) is 0 Å². The summed E-state index contributed by atoms with van der Waals surface area (Å²) in [5.41, 5.74) is 1.02. The number of aliphatic hydroxyl groups is 1. The lowest BCUT2D eigenvalue weighted by Gasteiger charge is -2.25. The van der Waals surface area contributed by atoms with Crippen molar-refractivity contribution in [2.75, 3.05) is 6.54 Å². The summed E-state index contributed by atoms with van der Waals surface area (Å²) in [5.74, 6) is 0.748. The Morgan fingerprint density at radius 3 is 2.55 bits per heavy atom. The van der Waals surface area contributed by atoms with Crippen molar-refractivity contribution >= 4 is 17.0 Å². The molecule has 0 radical (unpaired) electrons. The first-order valence-electron chi connectivity index (χ1n) is 7.70. The van der Waals surface area contributed by atoms with E-state index >= 15 is 0 Å². The fraction of sp³-hybridized carbons (Fsp3) is 0.471. The Bertz CT molecular complexity index is 644. The van der Waals surface area contributed by atoms with Gasteiger partial charge in [-0.25, -0.2) is 4.79 Å². The molecule has 2 aromatic rings. The Balaban J connectivity index is 1.92. The zero-order valence-electron chi connectivity index (χ0n) is 13.4. The van der Waals surface area contributed by atoms with Crippen molar-refractivity contribution in [3.8, 4) is 0 Å². The molecule has 0 spiro atoms. The van der Waals surface area contributed by atoms with E-state index in [2.05, 4.69) is 10.6 Å². The highest BCUT2D eigenvalue weighted by Gasteiger charge is 2.22. The van der Waals surface area contributed by atoms with Crippen LogP contribution in [0.4, 0.5) is 4.79 Å². The molecule has 120 valence electrons. The molecule has 22 heavy (non-hydrogen) atoms. The molecule has 0 aliphatic carbocycles. The second-order valence-corrected chi connectivity index (χ2v) is 5.61. The Hall–Kier alpha value is -2.01. The summed E-state index contributed by atoms with van der Waals surface area (Å²) in [5, 5.41) is 16.7. The van der Waals surface area contributed by atoms with Crippen molar-refractivity contribution in [3.63, 3.8) is 0 Å². The van der Waals surface area contributed by atoms with Crippen molar-refractivity contribution in [2.45, 2.75) is 45.8 Å². The summed E-state index contributed by atoms with van der Waals surface area (Å²) in [4.78, 5) is 11.8. The molecule has 0 atom stereocenters. The Morgan fingerprint density at radius 2 is 1.91 bits per heavy atom. The van der Waals surface area contributed by atoms with Crippen molar-refractivity contribution in [1.82, 2.24) is 10.6 Å². The van der Waals surface area contributed by atoms with Crippen molar-refractivity contribution in [2.24, 2.45) is 0 Å². The molecule has 0 saturated heterocycles. The van der Waals surface area contributed by atoms with E-state index in [1.807, 2.05) is 45.0 Å². The highest BCUT2D eigenvalue weighted by molar-refractivity contribution is 5.82. The summed E-state index contributed by atoms with van der Waals surface area (Å²) in [6, 6.07) is 7.49. The molecule has 0 bridgehead atoms. The van der Waals surface area contributed by atoms with Crippen LogP contribution in [0.5, 0.6) is 0 Å². The number of urea groups is 1. The van der Waals surface area contributed by atoms with Gasteiger partial charge in [-0.1, -0.05) is 32.0 Å². The van der Waals surface area contributed by atoms with E-state index in [0.29, 0.717) is 19.4 Å². The van der Waals surface area contributed by atoms with E-state index in [0.717, 1.165) is 22.3 Å². The van der Waals surface area contributed by atoms with Gasteiger partial charge in [0.2, 0.25) is 0 Å². The summed E-state index contributed by atoms with van der Waals surface area (Å²) in [6.07, 6.45) is 1.21. The number of carbonyl (C=O) groups excluding carboxylic acids is 1. The largest absolute Gasteiger partial charge is 0.459 e. The number of benzene rings is 1. The van der Waals surface area contributed by atoms with Gasteiger partial charge >= 0.3 is 6.03 Å². The summed E-state index contributed by atoms with van der Waals surface area (Å²) in [7, 11) is 0. The highest BCUT2D eigenvalue weighted by atomic mass is 16.3. The van der Waals surface area contributed by atoms with Crippen LogP contribution >= 0.6 is 0 Å². The number of furan rings is 1. The summed E-state index contributed by atoms with van der Waals surface area (Å²) >= 11 is 0. The number of para-hydroxylation sites is 1. The Labute approximate surface area is 130 Å². The fourth-order valence-corrected chi connectivity index (χ4v) is 2.36. The molecule has 2 amide bonds. The number of nitrogens with one attached hydrogen (secondary N) is 2. The first-order valence-corrected chi connectivity index (χ1v) is 7.70. The van der Waals surface area contributed by atoms with Gasteiger partial charge in [0.15, 0.2) is 0 Å². The topological polar surface area (TPSA) is 74.5 Å². The zero-order chi connectivity index (χ0) is 16.2. The molecule has 1 aromatic carbocycles. The molecule has 0 aliphatic rings. The summed E-state index contributed by atoms with van der Waals surface area (Å²) < 4.78 is 5.75. The van der Waals surface area contributed by atoms with E-state index in [1.54, 1.807) is 0 Å². The minimum atomic E-state index is -0.841. The van der Waals surface area contributed by atoms with Gasteiger partial charge in [0.1, 0.15) is 11.3 Å². The second kappa shape index (κ2) is 6.83. The molecule has 1 heterocycles. The van der Waals surface area contributed by atoms with Crippen molar-refractivity contribution in [1.29, 1.82) is 0 Å². The van der Waals surface area contributed by atoms with Crippen LogP contribution in [0, 0.1) is 6.92 Å². The lowest BCUT2D eigenvalue weighted by Crippen LogP contribution is -2.45. The first-order chi connectivity index (χ1) is 10.5. The summed E-state index contributed by atoms with van der Waals surface area (Å²) in [6.45, 7) is 6.35. The highest BCUT2D eigenvalue weighted by Crippen LogP contribution is 2.24. The molecule has 3 N–H and O–H groups in total. The van der Waals surface area contributed by atoms with Gasteiger partial charge in [-0.15, -0.1) is 0 Å². The normalized spacial score (nSPS) is 11.6. The molecule has 0 saturated carbocycles. The van der Waals surface area contributed by atoms with Crippen LogP contribution in [0.25, 0.3) is 11.0 Å². The average Bonchev–Trinajstić information content (AvgIpc) is 2.87. The van der Waals surface area contributed by atoms with Crippen molar-refractivity contribution in [3.05, 3.63) is 35.6 Å². The van der Waals surface area contributed by atoms with Gasteiger partial charge < -0.3 is 20.2 Å². The molecule has 5 nitrogen and oxygen atoms in total. The van der Waals surface area contributed by atoms with Crippen LogP contribution < -0.4 is 10.6 Å². The number of amides is 2. The zero-order valence-corrected chi connectivity index (χ0v) is 13.4. The maximum absolute atomic E-state index is 11.8. The fourth-order valence-electron chi connectivity index (χ4n) is 2.36. The number of carbonyl (C=O) groups is 1. The number of rotatable bonds is 6. The predicted molar refractivity (Wildman–Crippen MR) is 86.7 cm³/mol. The second-order valence-electron chi connectivity index (χ2n) is 5.61. The molecule has 2 rings (SSSR count). The lowest BCUT2D eigenvalue weighted by molar-refractivity contribution is 0.0349. The van der Waals surface area contributed by atoms with Crippen LogP contribution in [0.3, 0.4) is 0 Å². The minimum Gasteiger partial charge on any atom is -0.459 e. The predicted octanol–water partition coefficient (Wildman–Crippen LogP) is 3.09. The molecule has 5 heteroatoms. The van der Waals surface area contributed by atoms with Gasteiger partial charge in [-0.05, 0) is 25.8 Å². The quantitative estimate of drug-likeness (QED) is 0.767. The van der Waals surface area contributed by atoms with Crippen LogP contribution in [-0.4, -0.2) is 23.3 Å². The van der Waals surface area contributed by atoms with Crippen LogP contribution in [0.1, 0.15) is 38.0 Å². The van der Waals surface area contributed by atoms with Gasteiger partial charge in [-0.3, -0.25) is 0 Å². The minimum absolute atomic E-state index is 0.241. The number of fused-ring (bicyclic) bond motifs is 1. The molecular weight excluding hydrogens is 280 g/mol. The number of hydrogen-bond acceptors (Lipinski definition) is 3. The van der Waals surface area contributed by atoms with E-state index in [9.17, 15) is 9.90 Å². The molecule has 0 unspecified atom stereocenters. The lowest BCUT2D eigenvalue weighted by atomic mass is 9.98. The molecule has 0 fully saturated rings. The molecular formula is C17H24N2O3. The van der Waals surface area contributed by atoms with Gasteiger partial charge in [-0.2, -0.15) is 0 Å². The van der Waals surface area contributed by atoms with Crippen LogP contribution in [0.15, 0.2) is 28.7 Å². The number of hydrogen-bond donors (Lipinski definition) is 3. The van der Waals surface area contributed by atoms with Gasteiger partial charge in [0.05, 0.1) is 12.1 Å².